The average molecular weight is 482 g/mol. The molecule has 0 radical (unpaired) electrons. The molecule has 1 unspecified atom stereocenters. The van der Waals surface area contributed by atoms with Crippen LogP contribution in [-0.2, 0) is 4.79 Å². The Labute approximate surface area is 206 Å². The van der Waals surface area contributed by atoms with Crippen LogP contribution in [0.2, 0.25) is 0 Å². The van der Waals surface area contributed by atoms with E-state index in [1.165, 1.54) is 23.3 Å². The van der Waals surface area contributed by atoms with E-state index in [9.17, 15) is 14.9 Å². The van der Waals surface area contributed by atoms with Gasteiger partial charge in [-0.15, -0.1) is 0 Å². The standard InChI is InChI=1S/C27H22N4O5/c1-35-22-12-10-19(11-13-22)24-16-23(21-9-8-18-5-2-3-6-20(18)15-21)29-30(24)26(32)17-36-25-7-4-14-28-27(25)31(33)34/h2-15,24H,16-17H2,1H3. The normalized spacial score (nSPS) is 15.0. The Morgan fingerprint density at radius 2 is 1.83 bits per heavy atom. The molecule has 4 aromatic rings. The molecule has 1 amide bonds. The molecule has 5 rings (SSSR count). The van der Waals surface area contributed by atoms with Crippen molar-refractivity contribution in [3.63, 3.8) is 0 Å². The number of hydrogen-bond acceptors (Lipinski definition) is 7. The second-order valence-electron chi connectivity index (χ2n) is 8.21. The third-order valence-corrected chi connectivity index (χ3v) is 6.02. The summed E-state index contributed by atoms with van der Waals surface area (Å²) in [5, 5.41) is 19.5. The van der Waals surface area contributed by atoms with Gasteiger partial charge in [-0.1, -0.05) is 48.5 Å². The number of ether oxygens (including phenoxy) is 2. The first-order chi connectivity index (χ1) is 17.5. The summed E-state index contributed by atoms with van der Waals surface area (Å²) in [5.41, 5.74) is 2.57. The maximum Gasteiger partial charge on any atom is 0.406 e. The van der Waals surface area contributed by atoms with Gasteiger partial charge in [-0.2, -0.15) is 5.10 Å². The Morgan fingerprint density at radius 1 is 1.06 bits per heavy atom. The van der Waals surface area contributed by atoms with E-state index in [0.29, 0.717) is 12.2 Å². The highest BCUT2D eigenvalue weighted by Crippen LogP contribution is 2.34. The number of nitrogens with zero attached hydrogens (tertiary/aromatic N) is 4. The highest BCUT2D eigenvalue weighted by Gasteiger charge is 2.34. The summed E-state index contributed by atoms with van der Waals surface area (Å²) in [5.74, 6) is -0.240. The molecule has 0 fully saturated rings. The molecule has 9 heteroatoms. The third kappa shape index (κ3) is 4.58. The molecular weight excluding hydrogens is 460 g/mol. The number of pyridine rings is 1. The zero-order chi connectivity index (χ0) is 25.1. The van der Waals surface area contributed by atoms with Crippen molar-refractivity contribution in [2.75, 3.05) is 13.7 Å². The number of hydrogen-bond donors (Lipinski definition) is 0. The maximum atomic E-state index is 13.3. The number of methoxy groups -OCH3 is 1. The fraction of sp³-hybridized carbons (Fsp3) is 0.148. The summed E-state index contributed by atoms with van der Waals surface area (Å²) in [6.07, 6.45) is 1.80. The van der Waals surface area contributed by atoms with Crippen molar-refractivity contribution < 1.29 is 19.2 Å². The highest BCUT2D eigenvalue weighted by atomic mass is 16.6. The van der Waals surface area contributed by atoms with Gasteiger partial charge in [0, 0.05) is 6.42 Å². The largest absolute Gasteiger partial charge is 0.497 e. The molecule has 0 saturated carbocycles. The van der Waals surface area contributed by atoms with E-state index < -0.39 is 23.3 Å². The van der Waals surface area contributed by atoms with Crippen LogP contribution in [0.3, 0.4) is 0 Å². The van der Waals surface area contributed by atoms with Crippen LogP contribution in [-0.4, -0.2) is 40.3 Å². The Bertz CT molecular complexity index is 1470. The fourth-order valence-electron chi connectivity index (χ4n) is 4.21. The summed E-state index contributed by atoms with van der Waals surface area (Å²) < 4.78 is 10.8. The Hall–Kier alpha value is -4.79. The lowest BCUT2D eigenvalue weighted by Gasteiger charge is -2.22. The van der Waals surface area contributed by atoms with E-state index in [1.807, 2.05) is 60.7 Å². The quantitative estimate of drug-likeness (QED) is 0.274. The first-order valence-corrected chi connectivity index (χ1v) is 11.3. The predicted octanol–water partition coefficient (Wildman–Crippen LogP) is 4.91. The van der Waals surface area contributed by atoms with Gasteiger partial charge in [0.2, 0.25) is 5.75 Å². The molecule has 1 aromatic heterocycles. The molecule has 9 nitrogen and oxygen atoms in total. The van der Waals surface area contributed by atoms with Crippen molar-refractivity contribution in [2.45, 2.75) is 12.5 Å². The minimum atomic E-state index is -0.647. The fourth-order valence-corrected chi connectivity index (χ4v) is 4.21. The second kappa shape index (κ2) is 9.83. The van der Waals surface area contributed by atoms with Crippen molar-refractivity contribution >= 4 is 28.2 Å². The molecule has 2 heterocycles. The number of rotatable bonds is 7. The molecule has 1 aliphatic heterocycles. The third-order valence-electron chi connectivity index (χ3n) is 6.02. The van der Waals surface area contributed by atoms with Crippen molar-refractivity contribution in [3.05, 3.63) is 106 Å². The van der Waals surface area contributed by atoms with Crippen LogP contribution in [0.1, 0.15) is 23.6 Å². The van der Waals surface area contributed by atoms with Crippen LogP contribution in [0.5, 0.6) is 11.5 Å². The molecule has 0 bridgehead atoms. The van der Waals surface area contributed by atoms with Gasteiger partial charge in [-0.3, -0.25) is 4.79 Å². The number of amides is 1. The summed E-state index contributed by atoms with van der Waals surface area (Å²) in [6.45, 7) is -0.423. The molecule has 0 N–H and O–H groups in total. The van der Waals surface area contributed by atoms with Crippen LogP contribution >= 0.6 is 0 Å². The number of fused-ring (bicyclic) bond motifs is 1. The number of carbonyl (C=O) groups excluding carboxylic acids is 1. The van der Waals surface area contributed by atoms with E-state index in [-0.39, 0.29) is 11.8 Å². The first-order valence-electron chi connectivity index (χ1n) is 11.3. The van der Waals surface area contributed by atoms with Crippen LogP contribution in [0.25, 0.3) is 10.8 Å². The lowest BCUT2D eigenvalue weighted by molar-refractivity contribution is -0.390. The Morgan fingerprint density at radius 3 is 2.58 bits per heavy atom. The molecule has 1 atom stereocenters. The van der Waals surface area contributed by atoms with Crippen LogP contribution in [0.4, 0.5) is 5.82 Å². The van der Waals surface area contributed by atoms with Gasteiger partial charge in [0.05, 0.1) is 18.9 Å². The molecular formula is C27H22N4O5. The SMILES string of the molecule is COc1ccc(C2CC(c3ccc4ccccc4c3)=NN2C(=O)COc2cccnc2[N+](=O)[O-])cc1. The molecule has 180 valence electrons. The lowest BCUT2D eigenvalue weighted by atomic mass is 9.97. The average Bonchev–Trinajstić information content (AvgIpc) is 3.37. The Kier molecular flexibility index (Phi) is 6.27. The van der Waals surface area contributed by atoms with Crippen molar-refractivity contribution in [3.8, 4) is 11.5 Å². The van der Waals surface area contributed by atoms with Gasteiger partial charge < -0.3 is 19.6 Å². The van der Waals surface area contributed by atoms with Gasteiger partial charge in [-0.05, 0) is 62.1 Å². The molecule has 0 saturated heterocycles. The van der Waals surface area contributed by atoms with Crippen molar-refractivity contribution in [1.29, 1.82) is 0 Å². The minimum Gasteiger partial charge on any atom is -0.497 e. The summed E-state index contributed by atoms with van der Waals surface area (Å²) >= 11 is 0. The molecule has 3 aromatic carbocycles. The molecule has 1 aliphatic rings. The Balaban J connectivity index is 1.44. The van der Waals surface area contributed by atoms with Gasteiger partial charge in [0.25, 0.3) is 5.91 Å². The molecule has 0 spiro atoms. The summed E-state index contributed by atoms with van der Waals surface area (Å²) in [6, 6.07) is 24.2. The zero-order valence-electron chi connectivity index (χ0n) is 19.4. The number of benzene rings is 3. The topological polar surface area (TPSA) is 107 Å². The van der Waals surface area contributed by atoms with Crippen molar-refractivity contribution in [2.24, 2.45) is 5.10 Å². The van der Waals surface area contributed by atoms with E-state index in [4.69, 9.17) is 9.47 Å². The lowest BCUT2D eigenvalue weighted by Crippen LogP contribution is -2.31. The van der Waals surface area contributed by atoms with Gasteiger partial charge in [0.1, 0.15) is 11.9 Å². The first kappa shape index (κ1) is 23.0. The highest BCUT2D eigenvalue weighted by molar-refractivity contribution is 6.05. The summed E-state index contributed by atoms with van der Waals surface area (Å²) in [7, 11) is 1.59. The second-order valence-corrected chi connectivity index (χ2v) is 8.21. The summed E-state index contributed by atoms with van der Waals surface area (Å²) in [4.78, 5) is 27.6. The number of hydrazone groups is 1. The van der Waals surface area contributed by atoms with E-state index in [0.717, 1.165) is 27.6 Å². The van der Waals surface area contributed by atoms with Gasteiger partial charge in [0.15, 0.2) is 6.61 Å². The molecule has 0 aliphatic carbocycles. The van der Waals surface area contributed by atoms with Gasteiger partial charge in [-0.25, -0.2) is 5.01 Å². The smallest absolute Gasteiger partial charge is 0.406 e. The number of aromatic nitrogens is 1. The minimum absolute atomic E-state index is 0.0743. The van der Waals surface area contributed by atoms with Crippen LogP contribution in [0.15, 0.2) is 90.2 Å². The van der Waals surface area contributed by atoms with E-state index in [1.54, 1.807) is 7.11 Å². The number of nitro groups is 1. The predicted molar refractivity (Wildman–Crippen MR) is 134 cm³/mol. The van der Waals surface area contributed by atoms with E-state index in [2.05, 4.69) is 16.2 Å². The number of carbonyl (C=O) groups is 1. The van der Waals surface area contributed by atoms with Crippen LogP contribution in [0, 0.1) is 10.1 Å². The van der Waals surface area contributed by atoms with Crippen molar-refractivity contribution in [1.82, 2.24) is 9.99 Å². The maximum absolute atomic E-state index is 13.3. The van der Waals surface area contributed by atoms with E-state index >= 15 is 0 Å². The van der Waals surface area contributed by atoms with Gasteiger partial charge >= 0.3 is 5.82 Å². The van der Waals surface area contributed by atoms with Crippen LogP contribution < -0.4 is 9.47 Å². The zero-order valence-corrected chi connectivity index (χ0v) is 19.4. The monoisotopic (exact) mass is 482 g/mol. The molecule has 36 heavy (non-hydrogen) atoms.